The predicted octanol–water partition coefficient (Wildman–Crippen LogP) is -0.631. The van der Waals surface area contributed by atoms with Gasteiger partial charge in [0.25, 0.3) is 5.56 Å². The van der Waals surface area contributed by atoms with E-state index < -0.39 is 62.5 Å². The summed E-state index contributed by atoms with van der Waals surface area (Å²) in [5.74, 6) is -0.0478. The minimum atomic E-state index is -4.05. The van der Waals surface area contributed by atoms with Crippen LogP contribution in [0.2, 0.25) is 0 Å². The predicted molar refractivity (Wildman–Crippen MR) is 147 cm³/mol. The van der Waals surface area contributed by atoms with Gasteiger partial charge in [0.1, 0.15) is 36.6 Å². The number of unbranched alkanes of at least 4 members (excludes halogenated alkanes) is 1. The van der Waals surface area contributed by atoms with E-state index in [1.54, 1.807) is 0 Å². The molecule has 8 N–H and O–H groups in total. The fourth-order valence-electron chi connectivity index (χ4n) is 4.84. The van der Waals surface area contributed by atoms with E-state index in [2.05, 4.69) is 25.0 Å². The van der Waals surface area contributed by atoms with Gasteiger partial charge in [0, 0.05) is 25.6 Å². The molecule has 0 aliphatic carbocycles. The summed E-state index contributed by atoms with van der Waals surface area (Å²) in [6, 6.07) is 1.44. The molecule has 5 heterocycles. The number of aliphatic hydroxyl groups excluding tert-OH is 2. The van der Waals surface area contributed by atoms with Crippen molar-refractivity contribution in [2.45, 2.75) is 69.5 Å². The molecule has 3 aromatic rings. The standard InChI is InChI=1S/C23H34N9O9P/c1-2-3-5-27-42(37,38-10-15-12(34)7-17(40-15)31-6-4-16(24)28-23(31)36)41-13-8-18(39-14(13)9-33)32-11-26-19-20(32)29-22(25)30-21(19)35/h4,6,11-15,17-18,33-34H,2-3,5,7-10H2,1H3,(H,27,37)(H2,24,28,36)(H3,25,29,30,35)/t12-,13-,14+,15+,17+,18+,42?/m0/s1. The third-order valence-corrected chi connectivity index (χ3v) is 8.65. The zero-order chi connectivity index (χ0) is 30.0. The molecule has 1 unspecified atom stereocenters. The van der Waals surface area contributed by atoms with Crippen LogP contribution in [0.4, 0.5) is 11.8 Å². The molecule has 0 aromatic carbocycles. The molecule has 2 aliphatic heterocycles. The maximum absolute atomic E-state index is 13.9. The molecule has 5 rings (SSSR count). The quantitative estimate of drug-likeness (QED) is 0.110. The van der Waals surface area contributed by atoms with Crippen LogP contribution in [0, 0.1) is 0 Å². The molecule has 18 nitrogen and oxygen atoms in total. The van der Waals surface area contributed by atoms with Gasteiger partial charge in [-0.1, -0.05) is 13.3 Å². The third kappa shape index (κ3) is 6.40. The minimum absolute atomic E-state index is 0.0541. The first-order valence-electron chi connectivity index (χ1n) is 13.5. The molecule has 3 aromatic heterocycles. The van der Waals surface area contributed by atoms with E-state index in [-0.39, 0.29) is 42.4 Å². The maximum Gasteiger partial charge on any atom is 0.405 e. The zero-order valence-corrected chi connectivity index (χ0v) is 23.6. The Balaban J connectivity index is 1.29. The molecule has 0 spiro atoms. The molecule has 2 aliphatic rings. The molecule has 0 saturated carbocycles. The van der Waals surface area contributed by atoms with Gasteiger partial charge in [-0.2, -0.15) is 9.97 Å². The Morgan fingerprint density at radius 3 is 2.69 bits per heavy atom. The number of ether oxygens (including phenoxy) is 2. The highest BCUT2D eigenvalue weighted by molar-refractivity contribution is 7.51. The highest BCUT2D eigenvalue weighted by Gasteiger charge is 2.44. The Morgan fingerprint density at radius 2 is 1.95 bits per heavy atom. The number of nitrogen functional groups attached to an aromatic ring is 2. The van der Waals surface area contributed by atoms with Crippen LogP contribution in [0.5, 0.6) is 0 Å². The van der Waals surface area contributed by atoms with Crippen LogP contribution in [0.3, 0.4) is 0 Å². The number of nitrogens with two attached hydrogens (primary N) is 2. The molecular formula is C23H34N9O9P. The van der Waals surface area contributed by atoms with Crippen LogP contribution in [0.1, 0.15) is 45.1 Å². The molecule has 2 fully saturated rings. The average molecular weight is 612 g/mol. The number of aromatic nitrogens is 6. The lowest BCUT2D eigenvalue weighted by molar-refractivity contribution is -0.0522. The van der Waals surface area contributed by atoms with Gasteiger partial charge >= 0.3 is 13.4 Å². The van der Waals surface area contributed by atoms with Crippen molar-refractivity contribution in [2.75, 3.05) is 31.2 Å². The second-order valence-corrected chi connectivity index (χ2v) is 11.8. The smallest absolute Gasteiger partial charge is 0.394 e. The Labute approximate surface area is 238 Å². The monoisotopic (exact) mass is 611 g/mol. The number of anilines is 2. The Hall–Kier alpha value is -3.22. The normalized spacial score (nSPS) is 27.5. The van der Waals surface area contributed by atoms with E-state index in [9.17, 15) is 24.4 Å². The lowest BCUT2D eigenvalue weighted by Gasteiger charge is -2.26. The summed E-state index contributed by atoms with van der Waals surface area (Å²) in [7, 11) is -4.05. The topological polar surface area (TPSA) is 257 Å². The van der Waals surface area contributed by atoms with Crippen molar-refractivity contribution in [1.29, 1.82) is 0 Å². The van der Waals surface area contributed by atoms with Crippen molar-refractivity contribution < 1.29 is 33.3 Å². The van der Waals surface area contributed by atoms with E-state index in [1.807, 2.05) is 6.92 Å². The van der Waals surface area contributed by atoms with Crippen molar-refractivity contribution in [3.8, 4) is 0 Å². The molecule has 7 atom stereocenters. The summed E-state index contributed by atoms with van der Waals surface area (Å²) in [5.41, 5.74) is 10.3. The van der Waals surface area contributed by atoms with E-state index >= 15 is 0 Å². The first-order chi connectivity index (χ1) is 20.1. The van der Waals surface area contributed by atoms with Crippen molar-refractivity contribution in [3.63, 3.8) is 0 Å². The summed E-state index contributed by atoms with van der Waals surface area (Å²) in [6.07, 6.45) is -0.954. The van der Waals surface area contributed by atoms with Crippen LogP contribution in [0.25, 0.3) is 11.2 Å². The van der Waals surface area contributed by atoms with E-state index in [0.29, 0.717) is 13.0 Å². The molecule has 42 heavy (non-hydrogen) atoms. The number of imidazole rings is 1. The Morgan fingerprint density at radius 1 is 1.19 bits per heavy atom. The summed E-state index contributed by atoms with van der Waals surface area (Å²) in [4.78, 5) is 38.7. The van der Waals surface area contributed by atoms with E-state index in [1.165, 1.54) is 27.7 Å². The molecule has 19 heteroatoms. The maximum atomic E-state index is 13.9. The molecule has 0 amide bonds. The van der Waals surface area contributed by atoms with Gasteiger partial charge in [0.2, 0.25) is 5.95 Å². The number of aromatic amines is 1. The Bertz CT molecular complexity index is 1560. The molecular weight excluding hydrogens is 577 g/mol. The van der Waals surface area contributed by atoms with Gasteiger partial charge in [-0.05, 0) is 12.5 Å². The highest BCUT2D eigenvalue weighted by atomic mass is 31.2. The summed E-state index contributed by atoms with van der Waals surface area (Å²) in [6.45, 7) is 1.47. The second kappa shape index (κ2) is 12.6. The number of rotatable bonds is 12. The summed E-state index contributed by atoms with van der Waals surface area (Å²) < 4.78 is 40.0. The van der Waals surface area contributed by atoms with Crippen LogP contribution < -0.4 is 27.8 Å². The highest BCUT2D eigenvalue weighted by Crippen LogP contribution is 2.49. The average Bonchev–Trinajstić information content (AvgIpc) is 3.64. The number of H-pyrrole nitrogens is 1. The van der Waals surface area contributed by atoms with Crippen molar-refractivity contribution in [2.24, 2.45) is 0 Å². The Kier molecular flexibility index (Phi) is 9.05. The van der Waals surface area contributed by atoms with Crippen molar-refractivity contribution >= 4 is 30.7 Å². The second-order valence-electron chi connectivity index (χ2n) is 10.00. The number of nitrogens with one attached hydrogen (secondary N) is 2. The van der Waals surface area contributed by atoms with Gasteiger partial charge in [0.05, 0.1) is 25.6 Å². The third-order valence-electron chi connectivity index (χ3n) is 7.01. The summed E-state index contributed by atoms with van der Waals surface area (Å²) >= 11 is 0. The molecule has 2 saturated heterocycles. The zero-order valence-electron chi connectivity index (χ0n) is 22.7. The fraction of sp³-hybridized carbons (Fsp3) is 0.609. The lowest BCUT2D eigenvalue weighted by atomic mass is 10.2. The van der Waals surface area contributed by atoms with Crippen LogP contribution in [0.15, 0.2) is 28.2 Å². The lowest BCUT2D eigenvalue weighted by Crippen LogP contribution is -2.32. The number of hydrogen-bond acceptors (Lipinski definition) is 14. The largest absolute Gasteiger partial charge is 0.405 e. The van der Waals surface area contributed by atoms with Gasteiger partial charge in [-0.3, -0.25) is 28.0 Å². The first kappa shape index (κ1) is 30.2. The van der Waals surface area contributed by atoms with E-state index in [4.69, 9.17) is 30.0 Å². The van der Waals surface area contributed by atoms with Crippen LogP contribution in [-0.4, -0.2) is 83.5 Å². The number of fused-ring (bicyclic) bond motifs is 1. The van der Waals surface area contributed by atoms with Gasteiger partial charge in [-0.15, -0.1) is 0 Å². The van der Waals surface area contributed by atoms with Gasteiger partial charge in [0.15, 0.2) is 11.2 Å². The number of hydrogen-bond donors (Lipinski definition) is 6. The van der Waals surface area contributed by atoms with Crippen molar-refractivity contribution in [3.05, 3.63) is 39.4 Å². The van der Waals surface area contributed by atoms with E-state index in [0.717, 1.165) is 6.42 Å². The first-order valence-corrected chi connectivity index (χ1v) is 15.0. The van der Waals surface area contributed by atoms with Crippen LogP contribution >= 0.6 is 7.75 Å². The van der Waals surface area contributed by atoms with Crippen LogP contribution in [-0.2, 0) is 23.1 Å². The van der Waals surface area contributed by atoms with Crippen molar-refractivity contribution in [1.82, 2.24) is 34.2 Å². The molecule has 0 radical (unpaired) electrons. The van der Waals surface area contributed by atoms with Gasteiger partial charge in [-0.25, -0.2) is 19.4 Å². The minimum Gasteiger partial charge on any atom is -0.394 e. The van der Waals surface area contributed by atoms with Gasteiger partial charge < -0.3 is 31.2 Å². The number of aliphatic hydroxyl groups is 2. The SMILES string of the molecule is CCCCNP(=O)(OC[C@H]1O[C@@H](n2ccc(N)nc2=O)C[C@@H]1O)O[C@H]1C[C@H](n2cnc3c(=O)[nH]c(N)nc32)O[C@@H]1CO. The fourth-order valence-corrected chi connectivity index (χ4v) is 6.42. The molecule has 0 bridgehead atoms. The number of nitrogens with zero attached hydrogens (tertiary/aromatic N) is 5. The molecule has 230 valence electrons. The summed E-state index contributed by atoms with van der Waals surface area (Å²) in [5, 5.41) is 23.4.